The van der Waals surface area contributed by atoms with Crippen molar-refractivity contribution >= 4 is 27.5 Å². The van der Waals surface area contributed by atoms with Gasteiger partial charge in [-0.25, -0.2) is 4.98 Å². The molecule has 2 aromatic rings. The molecular formula is C14H13BrN2O. The number of hydrogen-bond donors (Lipinski definition) is 1. The number of pyridine rings is 1. The van der Waals surface area contributed by atoms with Gasteiger partial charge in [0.25, 0.3) is 0 Å². The van der Waals surface area contributed by atoms with Gasteiger partial charge in [0.2, 0.25) is 0 Å². The molecule has 1 heterocycles. The van der Waals surface area contributed by atoms with Crippen LogP contribution in [0.25, 0.3) is 0 Å². The molecule has 0 fully saturated rings. The number of nitrogens with zero attached hydrogens (tertiary/aromatic N) is 1. The summed E-state index contributed by atoms with van der Waals surface area (Å²) in [7, 11) is 0. The van der Waals surface area contributed by atoms with E-state index in [-0.39, 0.29) is 5.78 Å². The summed E-state index contributed by atoms with van der Waals surface area (Å²) in [4.78, 5) is 15.8. The van der Waals surface area contributed by atoms with Crippen molar-refractivity contribution in [2.24, 2.45) is 0 Å². The van der Waals surface area contributed by atoms with Gasteiger partial charge in [-0.15, -0.1) is 0 Å². The van der Waals surface area contributed by atoms with E-state index < -0.39 is 0 Å². The van der Waals surface area contributed by atoms with Gasteiger partial charge in [0.15, 0.2) is 0 Å². The third kappa shape index (κ3) is 3.67. The zero-order chi connectivity index (χ0) is 13.0. The van der Waals surface area contributed by atoms with E-state index in [1.54, 1.807) is 12.3 Å². The van der Waals surface area contributed by atoms with Gasteiger partial charge in [-0.2, -0.15) is 0 Å². The molecule has 0 bridgehead atoms. The number of benzene rings is 1. The molecule has 0 aliphatic heterocycles. The van der Waals surface area contributed by atoms with Crippen LogP contribution in [0.15, 0.2) is 47.1 Å². The largest absolute Gasteiger partial charge is 0.384 e. The van der Waals surface area contributed by atoms with Crippen LogP contribution in [-0.2, 0) is 17.6 Å². The van der Waals surface area contributed by atoms with Crippen molar-refractivity contribution in [2.45, 2.75) is 12.8 Å². The number of carbonyl (C=O) groups is 1. The van der Waals surface area contributed by atoms with E-state index in [1.807, 2.05) is 30.3 Å². The predicted octanol–water partition coefficient (Wildman–Crippen LogP) is 2.78. The molecule has 0 amide bonds. The Morgan fingerprint density at radius 3 is 2.44 bits per heavy atom. The summed E-state index contributed by atoms with van der Waals surface area (Å²) in [5.74, 6) is 0.617. The fraction of sp³-hybridized carbons (Fsp3) is 0.143. The molecule has 92 valence electrons. The lowest BCUT2D eigenvalue weighted by Crippen LogP contribution is -2.07. The molecule has 1 aromatic carbocycles. The number of rotatable bonds is 4. The van der Waals surface area contributed by atoms with E-state index in [1.165, 1.54) is 0 Å². The number of halogens is 1. The molecule has 0 unspecified atom stereocenters. The highest BCUT2D eigenvalue weighted by molar-refractivity contribution is 9.10. The number of hydrogen-bond acceptors (Lipinski definition) is 3. The van der Waals surface area contributed by atoms with E-state index >= 15 is 0 Å². The molecule has 0 saturated heterocycles. The second-order valence-electron chi connectivity index (χ2n) is 4.11. The van der Waals surface area contributed by atoms with Gasteiger partial charge < -0.3 is 5.73 Å². The number of aromatic nitrogens is 1. The number of anilines is 1. The number of nitrogens with two attached hydrogens (primary N) is 1. The molecule has 2 rings (SSSR count). The van der Waals surface area contributed by atoms with Gasteiger partial charge in [0.1, 0.15) is 11.6 Å². The second-order valence-corrected chi connectivity index (χ2v) is 5.02. The Bertz CT molecular complexity index is 552. The van der Waals surface area contributed by atoms with Crippen LogP contribution in [0, 0.1) is 0 Å². The van der Waals surface area contributed by atoms with E-state index in [2.05, 4.69) is 20.9 Å². The van der Waals surface area contributed by atoms with Gasteiger partial charge in [0, 0.05) is 23.5 Å². The Morgan fingerprint density at radius 2 is 1.78 bits per heavy atom. The highest BCUT2D eigenvalue weighted by atomic mass is 79.9. The number of ketones is 1. The Hall–Kier alpha value is -1.68. The van der Waals surface area contributed by atoms with Crippen molar-refractivity contribution in [1.82, 2.24) is 4.98 Å². The van der Waals surface area contributed by atoms with Crippen LogP contribution in [0.4, 0.5) is 5.82 Å². The van der Waals surface area contributed by atoms with Crippen LogP contribution in [0.2, 0.25) is 0 Å². The first kappa shape index (κ1) is 12.8. The van der Waals surface area contributed by atoms with Crippen molar-refractivity contribution in [3.63, 3.8) is 0 Å². The van der Waals surface area contributed by atoms with Crippen LogP contribution >= 0.6 is 15.9 Å². The molecule has 2 N–H and O–H groups in total. The van der Waals surface area contributed by atoms with Crippen molar-refractivity contribution in [1.29, 1.82) is 0 Å². The highest BCUT2D eigenvalue weighted by Gasteiger charge is 2.05. The summed E-state index contributed by atoms with van der Waals surface area (Å²) in [6, 6.07) is 11.3. The van der Waals surface area contributed by atoms with E-state index in [4.69, 9.17) is 5.73 Å². The van der Waals surface area contributed by atoms with E-state index in [0.29, 0.717) is 18.7 Å². The third-order valence-electron chi connectivity index (χ3n) is 2.56. The van der Waals surface area contributed by atoms with Crippen LogP contribution in [0.5, 0.6) is 0 Å². The molecule has 1 aromatic heterocycles. The van der Waals surface area contributed by atoms with Crippen molar-refractivity contribution in [2.75, 3.05) is 5.73 Å². The standard InChI is InChI=1S/C14H13BrN2O/c15-12-3-1-10(2-4-12)7-13(18)8-11-5-6-17-14(16)9-11/h1-6,9H,7-8H2,(H2,16,17). The molecule has 4 heteroatoms. The fourth-order valence-electron chi connectivity index (χ4n) is 1.72. The van der Waals surface area contributed by atoms with Gasteiger partial charge in [-0.1, -0.05) is 28.1 Å². The maximum Gasteiger partial charge on any atom is 0.141 e. The lowest BCUT2D eigenvalue weighted by molar-refractivity contribution is -0.117. The lowest BCUT2D eigenvalue weighted by atomic mass is 10.0. The minimum atomic E-state index is 0.169. The Morgan fingerprint density at radius 1 is 1.11 bits per heavy atom. The van der Waals surface area contributed by atoms with E-state index in [0.717, 1.165) is 15.6 Å². The molecule has 0 aliphatic carbocycles. The lowest BCUT2D eigenvalue weighted by Gasteiger charge is -2.03. The number of carbonyl (C=O) groups excluding carboxylic acids is 1. The minimum Gasteiger partial charge on any atom is -0.384 e. The predicted molar refractivity (Wildman–Crippen MR) is 75.2 cm³/mol. The van der Waals surface area contributed by atoms with Gasteiger partial charge in [-0.05, 0) is 35.4 Å². The van der Waals surface area contributed by atoms with Crippen LogP contribution in [0.1, 0.15) is 11.1 Å². The van der Waals surface area contributed by atoms with Crippen molar-refractivity contribution in [3.8, 4) is 0 Å². The van der Waals surface area contributed by atoms with Gasteiger partial charge in [-0.3, -0.25) is 4.79 Å². The highest BCUT2D eigenvalue weighted by Crippen LogP contribution is 2.12. The second kappa shape index (κ2) is 5.78. The maximum atomic E-state index is 11.9. The summed E-state index contributed by atoms with van der Waals surface area (Å²) >= 11 is 3.37. The SMILES string of the molecule is Nc1cc(CC(=O)Cc2ccc(Br)cc2)ccn1. The number of Topliss-reactive ketones (excluding diaryl/α,β-unsaturated/α-hetero) is 1. The maximum absolute atomic E-state index is 11.9. The molecule has 0 spiro atoms. The zero-order valence-electron chi connectivity index (χ0n) is 9.77. The van der Waals surface area contributed by atoms with E-state index in [9.17, 15) is 4.79 Å². The number of nitrogen functional groups attached to an aromatic ring is 1. The monoisotopic (exact) mass is 304 g/mol. The smallest absolute Gasteiger partial charge is 0.141 e. The first-order valence-electron chi connectivity index (χ1n) is 5.60. The molecule has 18 heavy (non-hydrogen) atoms. The minimum absolute atomic E-state index is 0.169. The molecule has 3 nitrogen and oxygen atoms in total. The Labute approximate surface area is 114 Å². The first-order valence-corrected chi connectivity index (χ1v) is 6.39. The Kier molecular flexibility index (Phi) is 4.10. The quantitative estimate of drug-likeness (QED) is 0.945. The summed E-state index contributed by atoms with van der Waals surface area (Å²) in [6.07, 6.45) is 2.45. The molecule has 0 saturated carbocycles. The van der Waals surface area contributed by atoms with Gasteiger partial charge >= 0.3 is 0 Å². The topological polar surface area (TPSA) is 56.0 Å². The average Bonchev–Trinajstić information content (AvgIpc) is 2.32. The summed E-state index contributed by atoms with van der Waals surface area (Å²) in [5.41, 5.74) is 7.50. The summed E-state index contributed by atoms with van der Waals surface area (Å²) in [5, 5.41) is 0. The van der Waals surface area contributed by atoms with Crippen molar-refractivity contribution in [3.05, 3.63) is 58.2 Å². The fourth-order valence-corrected chi connectivity index (χ4v) is 1.99. The molecule has 0 aliphatic rings. The van der Waals surface area contributed by atoms with Crippen LogP contribution in [0.3, 0.4) is 0 Å². The summed E-state index contributed by atoms with van der Waals surface area (Å²) < 4.78 is 1.01. The van der Waals surface area contributed by atoms with Crippen LogP contribution in [-0.4, -0.2) is 10.8 Å². The Balaban J connectivity index is 1.98. The zero-order valence-corrected chi connectivity index (χ0v) is 11.4. The van der Waals surface area contributed by atoms with Gasteiger partial charge in [0.05, 0.1) is 0 Å². The summed E-state index contributed by atoms with van der Waals surface area (Å²) in [6.45, 7) is 0. The van der Waals surface area contributed by atoms with Crippen molar-refractivity contribution < 1.29 is 4.79 Å². The molecule has 0 atom stereocenters. The third-order valence-corrected chi connectivity index (χ3v) is 3.09. The average molecular weight is 305 g/mol. The molecular weight excluding hydrogens is 292 g/mol. The normalized spacial score (nSPS) is 10.3. The van der Waals surface area contributed by atoms with Crippen LogP contribution < -0.4 is 5.73 Å². The molecule has 0 radical (unpaired) electrons. The first-order chi connectivity index (χ1) is 8.63.